The zero-order valence-electron chi connectivity index (χ0n) is 21.0. The van der Waals surface area contributed by atoms with Gasteiger partial charge in [-0.3, -0.25) is 14.5 Å². The Balaban J connectivity index is 1.47. The third kappa shape index (κ3) is 4.84. The van der Waals surface area contributed by atoms with Gasteiger partial charge >= 0.3 is 0 Å². The van der Waals surface area contributed by atoms with Crippen LogP contribution in [0.2, 0.25) is 0 Å². The summed E-state index contributed by atoms with van der Waals surface area (Å²) in [6, 6.07) is 36.5. The van der Waals surface area contributed by atoms with E-state index in [2.05, 4.69) is 5.32 Å². The van der Waals surface area contributed by atoms with Crippen LogP contribution >= 0.6 is 23.5 Å². The van der Waals surface area contributed by atoms with E-state index in [0.29, 0.717) is 10.6 Å². The molecule has 0 aromatic heterocycles. The van der Waals surface area contributed by atoms with Gasteiger partial charge in [-0.15, -0.1) is 0 Å². The number of benzene rings is 4. The zero-order valence-corrected chi connectivity index (χ0v) is 22.7. The Labute approximate surface area is 235 Å². The number of nitrogens with one attached hydrogen (secondary N) is 1. The molecule has 1 saturated heterocycles. The standard InChI is InChI=1S/C31H24N4O2S2/c1-22-17-19-26(20-18-22)35-31(39-29(33-35)28(36)32-24-13-7-3-8-14-24)34(25-15-9-4-10-16-25)30(37)27(38-31)21-23-11-5-2-6-12-23/h2-21H,1H3,(H,32,36)/b27-21-/t31-/m0/s1. The fourth-order valence-corrected chi connectivity index (χ4v) is 7.25. The molecule has 39 heavy (non-hydrogen) atoms. The Hall–Kier alpha value is -4.27. The number of para-hydroxylation sites is 2. The first-order valence-corrected chi connectivity index (χ1v) is 14.0. The monoisotopic (exact) mass is 548 g/mol. The van der Waals surface area contributed by atoms with E-state index in [9.17, 15) is 9.59 Å². The summed E-state index contributed by atoms with van der Waals surface area (Å²) in [4.78, 5) is 29.9. The lowest BCUT2D eigenvalue weighted by atomic mass is 10.2. The summed E-state index contributed by atoms with van der Waals surface area (Å²) in [7, 11) is 0. The SMILES string of the molecule is Cc1ccc(N2N=C(C(=O)Nc3ccccc3)S[C@]23S/C(=C\c2ccccc2)C(=O)N3c2ccccc2)cc1. The van der Waals surface area contributed by atoms with Crippen molar-refractivity contribution in [2.75, 3.05) is 15.2 Å². The molecular formula is C31H24N4O2S2. The molecule has 1 N–H and O–H groups in total. The summed E-state index contributed by atoms with van der Waals surface area (Å²) in [5, 5.41) is 9.83. The number of hydrazone groups is 1. The van der Waals surface area contributed by atoms with Gasteiger partial charge in [0.25, 0.3) is 11.8 Å². The van der Waals surface area contributed by atoms with E-state index < -0.39 is 4.33 Å². The molecule has 0 aliphatic carbocycles. The number of anilines is 3. The van der Waals surface area contributed by atoms with Gasteiger partial charge in [-0.2, -0.15) is 5.10 Å². The third-order valence-corrected chi connectivity index (χ3v) is 8.96. The van der Waals surface area contributed by atoms with Gasteiger partial charge in [0, 0.05) is 11.4 Å². The predicted molar refractivity (Wildman–Crippen MR) is 162 cm³/mol. The Morgan fingerprint density at radius 2 is 1.41 bits per heavy atom. The van der Waals surface area contributed by atoms with Crippen molar-refractivity contribution in [3.63, 3.8) is 0 Å². The number of rotatable bonds is 5. The van der Waals surface area contributed by atoms with Gasteiger partial charge in [0.1, 0.15) is 0 Å². The molecule has 2 heterocycles. The molecule has 0 radical (unpaired) electrons. The van der Waals surface area contributed by atoms with E-state index in [1.165, 1.54) is 23.5 Å². The van der Waals surface area contributed by atoms with E-state index in [4.69, 9.17) is 5.10 Å². The lowest BCUT2D eigenvalue weighted by Gasteiger charge is -2.38. The highest BCUT2D eigenvalue weighted by Crippen LogP contribution is 2.59. The first-order chi connectivity index (χ1) is 19.0. The molecule has 2 amide bonds. The van der Waals surface area contributed by atoms with Gasteiger partial charge in [0.05, 0.1) is 10.6 Å². The van der Waals surface area contributed by atoms with Crippen LogP contribution in [0.15, 0.2) is 125 Å². The lowest BCUT2D eigenvalue weighted by molar-refractivity contribution is -0.114. The van der Waals surface area contributed by atoms with E-state index in [1.54, 1.807) is 9.91 Å². The van der Waals surface area contributed by atoms with Crippen LogP contribution in [0.3, 0.4) is 0 Å². The highest BCUT2D eigenvalue weighted by Gasteiger charge is 2.60. The van der Waals surface area contributed by atoms with Gasteiger partial charge in [-0.05, 0) is 66.7 Å². The molecule has 0 saturated carbocycles. The predicted octanol–water partition coefficient (Wildman–Crippen LogP) is 6.93. The number of thioether (sulfide) groups is 2. The normalized spacial score (nSPS) is 19.6. The number of aryl methyl sites for hydroxylation is 1. The number of hydrogen-bond acceptors (Lipinski definition) is 6. The number of carbonyl (C=O) groups excluding carboxylic acids is 2. The topological polar surface area (TPSA) is 65.0 Å². The van der Waals surface area contributed by atoms with Gasteiger partial charge < -0.3 is 5.32 Å². The first kappa shape index (κ1) is 25.0. The minimum absolute atomic E-state index is 0.153. The molecule has 1 spiro atoms. The van der Waals surface area contributed by atoms with Gasteiger partial charge in [0.2, 0.25) is 4.33 Å². The summed E-state index contributed by atoms with van der Waals surface area (Å²) in [6.45, 7) is 2.02. The van der Waals surface area contributed by atoms with Crippen molar-refractivity contribution in [1.29, 1.82) is 0 Å². The van der Waals surface area contributed by atoms with Gasteiger partial charge in [-0.25, -0.2) is 5.01 Å². The van der Waals surface area contributed by atoms with Crippen molar-refractivity contribution in [2.24, 2.45) is 5.10 Å². The smallest absolute Gasteiger partial charge is 0.282 e. The van der Waals surface area contributed by atoms with Crippen LogP contribution in [0, 0.1) is 6.92 Å². The van der Waals surface area contributed by atoms with Crippen molar-refractivity contribution >= 4 is 63.5 Å². The largest absolute Gasteiger partial charge is 0.320 e. The molecule has 6 nitrogen and oxygen atoms in total. The van der Waals surface area contributed by atoms with Crippen LogP contribution in [-0.2, 0) is 9.59 Å². The lowest BCUT2D eigenvalue weighted by Crippen LogP contribution is -2.51. The van der Waals surface area contributed by atoms with Crippen molar-refractivity contribution in [2.45, 2.75) is 11.3 Å². The van der Waals surface area contributed by atoms with Crippen LogP contribution in [0.4, 0.5) is 17.1 Å². The molecule has 0 bridgehead atoms. The van der Waals surface area contributed by atoms with Crippen molar-refractivity contribution in [3.05, 3.63) is 131 Å². The molecule has 1 atom stereocenters. The highest BCUT2D eigenvalue weighted by molar-refractivity contribution is 8.29. The highest BCUT2D eigenvalue weighted by atomic mass is 32.2. The minimum atomic E-state index is -1.09. The van der Waals surface area contributed by atoms with Gasteiger partial charge in [0.15, 0.2) is 5.04 Å². The average molecular weight is 549 g/mol. The summed E-state index contributed by atoms with van der Waals surface area (Å²) >= 11 is 2.66. The van der Waals surface area contributed by atoms with Crippen LogP contribution < -0.4 is 15.2 Å². The maximum Gasteiger partial charge on any atom is 0.282 e. The maximum absolute atomic E-state index is 14.1. The molecular weight excluding hydrogens is 525 g/mol. The minimum Gasteiger partial charge on any atom is -0.320 e. The van der Waals surface area contributed by atoms with E-state index in [1.807, 2.05) is 128 Å². The van der Waals surface area contributed by atoms with Crippen molar-refractivity contribution in [3.8, 4) is 0 Å². The summed E-state index contributed by atoms with van der Waals surface area (Å²) < 4.78 is -1.09. The molecule has 0 unspecified atom stereocenters. The van der Waals surface area contributed by atoms with E-state index >= 15 is 0 Å². The maximum atomic E-state index is 14.1. The Morgan fingerprint density at radius 1 is 0.795 bits per heavy atom. The van der Waals surface area contributed by atoms with Crippen LogP contribution in [0.25, 0.3) is 6.08 Å². The molecule has 6 rings (SSSR count). The summed E-state index contributed by atoms with van der Waals surface area (Å²) in [5.74, 6) is -0.485. The summed E-state index contributed by atoms with van der Waals surface area (Å²) in [5.41, 5.74) is 4.19. The average Bonchev–Trinajstić information content (AvgIpc) is 3.47. The van der Waals surface area contributed by atoms with Gasteiger partial charge in [-0.1, -0.05) is 96.2 Å². The molecule has 8 heteroatoms. The number of carbonyl (C=O) groups is 2. The molecule has 2 aliphatic heterocycles. The third-order valence-electron chi connectivity index (χ3n) is 6.24. The second-order valence-electron chi connectivity index (χ2n) is 9.02. The van der Waals surface area contributed by atoms with Crippen LogP contribution in [0.5, 0.6) is 0 Å². The second-order valence-corrected chi connectivity index (χ2v) is 11.7. The molecule has 2 aliphatic rings. The summed E-state index contributed by atoms with van der Waals surface area (Å²) in [6.07, 6.45) is 1.90. The van der Waals surface area contributed by atoms with Crippen LogP contribution in [-0.4, -0.2) is 21.2 Å². The molecule has 1 fully saturated rings. The first-order valence-electron chi connectivity index (χ1n) is 12.4. The Kier molecular flexibility index (Phi) is 6.72. The second kappa shape index (κ2) is 10.5. The van der Waals surface area contributed by atoms with Crippen LogP contribution in [0.1, 0.15) is 11.1 Å². The molecule has 4 aromatic rings. The number of amides is 2. The number of hydrogen-bond donors (Lipinski definition) is 1. The zero-order chi connectivity index (χ0) is 26.8. The van der Waals surface area contributed by atoms with E-state index in [-0.39, 0.29) is 16.9 Å². The fourth-order valence-electron chi connectivity index (χ4n) is 4.37. The number of nitrogens with zero attached hydrogens (tertiary/aromatic N) is 3. The van der Waals surface area contributed by atoms with Crippen molar-refractivity contribution < 1.29 is 9.59 Å². The Bertz CT molecular complexity index is 1580. The fraction of sp³-hybridized carbons (Fsp3) is 0.0645. The quantitative estimate of drug-likeness (QED) is 0.274. The molecule has 192 valence electrons. The van der Waals surface area contributed by atoms with Crippen molar-refractivity contribution in [1.82, 2.24) is 0 Å². The van der Waals surface area contributed by atoms with E-state index in [0.717, 1.165) is 22.5 Å². The Morgan fingerprint density at radius 3 is 2.08 bits per heavy atom. The molecule has 4 aromatic carbocycles.